The number of benzene rings is 2. The Hall–Kier alpha value is -3.39. The largest absolute Gasteiger partial charge is 0.385 e. The van der Waals surface area contributed by atoms with Gasteiger partial charge in [-0.3, -0.25) is 14.4 Å². The van der Waals surface area contributed by atoms with E-state index < -0.39 is 5.54 Å². The molecular formula is C29H38N4O4. The molecule has 2 aromatic rings. The van der Waals surface area contributed by atoms with Crippen LogP contribution in [0.15, 0.2) is 60.7 Å². The predicted molar refractivity (Wildman–Crippen MR) is 143 cm³/mol. The molecule has 8 nitrogen and oxygen atoms in total. The molecule has 3 amide bonds. The summed E-state index contributed by atoms with van der Waals surface area (Å²) in [5.74, 6) is -0.271. The van der Waals surface area contributed by atoms with Crippen molar-refractivity contribution < 1.29 is 19.1 Å². The zero-order valence-electron chi connectivity index (χ0n) is 21.9. The Morgan fingerprint density at radius 3 is 2.30 bits per heavy atom. The molecule has 0 saturated carbocycles. The summed E-state index contributed by atoms with van der Waals surface area (Å²) >= 11 is 0. The number of ether oxygens (including phenoxy) is 1. The molecule has 0 aliphatic carbocycles. The van der Waals surface area contributed by atoms with Crippen LogP contribution in [0, 0.1) is 0 Å². The van der Waals surface area contributed by atoms with Crippen molar-refractivity contribution in [2.75, 3.05) is 51.5 Å². The van der Waals surface area contributed by atoms with E-state index in [1.807, 2.05) is 72.5 Å². The SMILES string of the molecule is CC[C@H](C(=O)N1CCC2(CC1)C(=O)N(CC(=O)NCCCOC)CN2c1ccccc1)c1ccccc1. The Balaban J connectivity index is 1.48. The molecule has 1 spiro atoms. The van der Waals surface area contributed by atoms with E-state index in [-0.39, 0.29) is 30.2 Å². The van der Waals surface area contributed by atoms with Gasteiger partial charge in [0, 0.05) is 39.0 Å². The van der Waals surface area contributed by atoms with Crippen LogP contribution in [0.1, 0.15) is 44.1 Å². The molecule has 1 atom stereocenters. The van der Waals surface area contributed by atoms with Crippen molar-refractivity contribution in [1.29, 1.82) is 0 Å². The minimum Gasteiger partial charge on any atom is -0.385 e. The molecule has 37 heavy (non-hydrogen) atoms. The number of carbonyl (C=O) groups is 3. The Labute approximate surface area is 219 Å². The first-order valence-electron chi connectivity index (χ1n) is 13.2. The number of methoxy groups -OCH3 is 1. The maximum Gasteiger partial charge on any atom is 0.250 e. The predicted octanol–water partition coefficient (Wildman–Crippen LogP) is 3.00. The topological polar surface area (TPSA) is 82.2 Å². The van der Waals surface area contributed by atoms with Crippen LogP contribution in [0.25, 0.3) is 0 Å². The third-order valence-electron chi connectivity index (χ3n) is 7.57. The summed E-state index contributed by atoms with van der Waals surface area (Å²) < 4.78 is 5.03. The van der Waals surface area contributed by atoms with Gasteiger partial charge < -0.3 is 24.8 Å². The Bertz CT molecular complexity index is 1050. The number of hydrogen-bond acceptors (Lipinski definition) is 5. The van der Waals surface area contributed by atoms with E-state index in [9.17, 15) is 14.4 Å². The van der Waals surface area contributed by atoms with Gasteiger partial charge in [-0.15, -0.1) is 0 Å². The van der Waals surface area contributed by atoms with E-state index in [0.29, 0.717) is 45.8 Å². The summed E-state index contributed by atoms with van der Waals surface area (Å²) in [7, 11) is 1.63. The zero-order valence-corrected chi connectivity index (χ0v) is 21.9. The standard InChI is InChI=1S/C29H38N4O4/c1-3-25(23-11-6-4-7-12-23)27(35)31-18-15-29(16-19-31)28(36)32(21-26(34)30-17-10-20-37-2)22-33(29)24-13-8-5-9-14-24/h4-9,11-14,25H,3,10,15-22H2,1-2H3,(H,30,34)/t25-/m0/s1. The van der Waals surface area contributed by atoms with Crippen LogP contribution in [0.4, 0.5) is 5.69 Å². The van der Waals surface area contributed by atoms with Gasteiger partial charge in [0.15, 0.2) is 0 Å². The number of likely N-dealkylation sites (tertiary alicyclic amines) is 1. The number of anilines is 1. The zero-order chi connectivity index (χ0) is 26.3. The Morgan fingerprint density at radius 2 is 1.68 bits per heavy atom. The molecule has 8 heteroatoms. The van der Waals surface area contributed by atoms with E-state index in [1.165, 1.54) is 0 Å². The molecule has 0 bridgehead atoms. The molecule has 2 aliphatic heterocycles. The van der Waals surface area contributed by atoms with Crippen molar-refractivity contribution in [3.8, 4) is 0 Å². The van der Waals surface area contributed by atoms with E-state index >= 15 is 0 Å². The van der Waals surface area contributed by atoms with Gasteiger partial charge >= 0.3 is 0 Å². The molecule has 1 N–H and O–H groups in total. The number of para-hydroxylation sites is 1. The number of piperidine rings is 1. The number of carbonyl (C=O) groups excluding carboxylic acids is 3. The van der Waals surface area contributed by atoms with Crippen LogP contribution in [-0.2, 0) is 19.1 Å². The average molecular weight is 507 g/mol. The third kappa shape index (κ3) is 5.80. The Kier molecular flexibility index (Phi) is 8.82. The average Bonchev–Trinajstić information content (AvgIpc) is 3.19. The van der Waals surface area contributed by atoms with Crippen molar-refractivity contribution in [3.05, 3.63) is 66.2 Å². The van der Waals surface area contributed by atoms with Crippen LogP contribution < -0.4 is 10.2 Å². The summed E-state index contributed by atoms with van der Waals surface area (Å²) in [6.45, 7) is 4.51. The first-order chi connectivity index (χ1) is 18.0. The number of rotatable bonds is 10. The quantitative estimate of drug-likeness (QED) is 0.501. The number of hydrogen-bond donors (Lipinski definition) is 1. The molecule has 2 aliphatic rings. The van der Waals surface area contributed by atoms with Crippen LogP contribution in [0.3, 0.4) is 0 Å². The molecule has 2 heterocycles. The highest BCUT2D eigenvalue weighted by Crippen LogP contribution is 2.40. The van der Waals surface area contributed by atoms with Gasteiger partial charge in [-0.2, -0.15) is 0 Å². The van der Waals surface area contributed by atoms with Gasteiger partial charge in [-0.05, 0) is 43.4 Å². The van der Waals surface area contributed by atoms with Gasteiger partial charge in [0.2, 0.25) is 11.8 Å². The van der Waals surface area contributed by atoms with Crippen LogP contribution >= 0.6 is 0 Å². The van der Waals surface area contributed by atoms with Gasteiger partial charge in [0.05, 0.1) is 12.6 Å². The number of nitrogens with one attached hydrogen (secondary N) is 1. The van der Waals surface area contributed by atoms with Crippen LogP contribution in [0.5, 0.6) is 0 Å². The summed E-state index contributed by atoms with van der Waals surface area (Å²) in [4.78, 5) is 45.6. The van der Waals surface area contributed by atoms with E-state index in [0.717, 1.165) is 24.1 Å². The monoisotopic (exact) mass is 506 g/mol. The molecule has 198 valence electrons. The van der Waals surface area contributed by atoms with E-state index in [2.05, 4.69) is 10.2 Å². The van der Waals surface area contributed by atoms with Gasteiger partial charge in [-0.25, -0.2) is 0 Å². The fraction of sp³-hybridized carbons (Fsp3) is 0.483. The molecule has 0 radical (unpaired) electrons. The minimum atomic E-state index is -0.761. The molecule has 2 saturated heterocycles. The highest BCUT2D eigenvalue weighted by Gasteiger charge is 2.54. The van der Waals surface area contributed by atoms with Crippen molar-refractivity contribution in [2.24, 2.45) is 0 Å². The third-order valence-corrected chi connectivity index (χ3v) is 7.57. The number of nitrogens with zero attached hydrogens (tertiary/aromatic N) is 3. The normalized spacial score (nSPS) is 17.8. The lowest BCUT2D eigenvalue weighted by Crippen LogP contribution is -2.58. The second kappa shape index (κ2) is 12.2. The molecular weight excluding hydrogens is 468 g/mol. The fourth-order valence-electron chi connectivity index (χ4n) is 5.55. The second-order valence-corrected chi connectivity index (χ2v) is 9.83. The van der Waals surface area contributed by atoms with Crippen molar-refractivity contribution in [1.82, 2.24) is 15.1 Å². The van der Waals surface area contributed by atoms with Gasteiger partial charge in [-0.1, -0.05) is 55.5 Å². The fourth-order valence-corrected chi connectivity index (χ4v) is 5.55. The summed E-state index contributed by atoms with van der Waals surface area (Å²) in [5, 5.41) is 2.88. The summed E-state index contributed by atoms with van der Waals surface area (Å²) in [6.07, 6.45) is 2.52. The van der Waals surface area contributed by atoms with Crippen molar-refractivity contribution >= 4 is 23.4 Å². The van der Waals surface area contributed by atoms with E-state index in [1.54, 1.807) is 12.0 Å². The second-order valence-electron chi connectivity index (χ2n) is 9.83. The highest BCUT2D eigenvalue weighted by molar-refractivity contribution is 5.96. The summed E-state index contributed by atoms with van der Waals surface area (Å²) in [5.41, 5.74) is 1.22. The summed E-state index contributed by atoms with van der Waals surface area (Å²) in [6, 6.07) is 19.8. The maximum absolute atomic E-state index is 13.8. The first kappa shape index (κ1) is 26.7. The molecule has 2 aromatic carbocycles. The molecule has 4 rings (SSSR count). The first-order valence-corrected chi connectivity index (χ1v) is 13.2. The molecule has 2 fully saturated rings. The van der Waals surface area contributed by atoms with Crippen LogP contribution in [0.2, 0.25) is 0 Å². The van der Waals surface area contributed by atoms with Crippen molar-refractivity contribution in [2.45, 2.75) is 44.1 Å². The smallest absolute Gasteiger partial charge is 0.250 e. The van der Waals surface area contributed by atoms with Crippen LogP contribution in [-0.4, -0.2) is 79.6 Å². The lowest BCUT2D eigenvalue weighted by molar-refractivity contribution is -0.140. The Morgan fingerprint density at radius 1 is 1.03 bits per heavy atom. The number of amides is 3. The lowest BCUT2D eigenvalue weighted by Gasteiger charge is -2.44. The highest BCUT2D eigenvalue weighted by atomic mass is 16.5. The maximum atomic E-state index is 13.8. The van der Waals surface area contributed by atoms with Crippen molar-refractivity contribution in [3.63, 3.8) is 0 Å². The van der Waals surface area contributed by atoms with E-state index in [4.69, 9.17) is 4.74 Å². The van der Waals surface area contributed by atoms with Gasteiger partial charge in [0.25, 0.3) is 5.91 Å². The minimum absolute atomic E-state index is 0.0193. The van der Waals surface area contributed by atoms with Gasteiger partial charge in [0.1, 0.15) is 12.1 Å². The lowest BCUT2D eigenvalue weighted by atomic mass is 9.84. The molecule has 0 unspecified atom stereocenters. The molecule has 0 aromatic heterocycles.